The Morgan fingerprint density at radius 2 is 1.72 bits per heavy atom. The smallest absolute Gasteiger partial charge is 0.308 e. The summed E-state index contributed by atoms with van der Waals surface area (Å²) in [6, 6.07) is 0.610. The van der Waals surface area contributed by atoms with Crippen LogP contribution in [0.1, 0.15) is 38.5 Å². The first-order chi connectivity index (χ1) is 8.74. The van der Waals surface area contributed by atoms with E-state index in [-0.39, 0.29) is 17.8 Å². The van der Waals surface area contributed by atoms with E-state index in [4.69, 9.17) is 4.74 Å². The van der Waals surface area contributed by atoms with Crippen LogP contribution in [0.3, 0.4) is 0 Å². The van der Waals surface area contributed by atoms with Crippen molar-refractivity contribution >= 4 is 12.3 Å². The molecule has 1 saturated carbocycles. The predicted octanol–water partition coefficient (Wildman–Crippen LogP) is 1.63. The van der Waals surface area contributed by atoms with Gasteiger partial charge in [-0.2, -0.15) is 0 Å². The zero-order valence-corrected chi connectivity index (χ0v) is 11.1. The highest BCUT2D eigenvalue weighted by atomic mass is 16.5. The van der Waals surface area contributed by atoms with E-state index in [1.54, 1.807) is 0 Å². The summed E-state index contributed by atoms with van der Waals surface area (Å²) in [5.41, 5.74) is 0. The topological polar surface area (TPSA) is 46.6 Å². The van der Waals surface area contributed by atoms with Crippen LogP contribution in [0, 0.1) is 11.8 Å². The molecule has 0 N–H and O–H groups in total. The van der Waals surface area contributed by atoms with Gasteiger partial charge in [-0.15, -0.1) is 0 Å². The minimum Gasteiger partial charge on any atom is -0.469 e. The second-order valence-corrected chi connectivity index (χ2v) is 5.54. The lowest BCUT2D eigenvalue weighted by Crippen LogP contribution is -2.44. The molecule has 2 aliphatic rings. The van der Waals surface area contributed by atoms with E-state index >= 15 is 0 Å². The molecular formula is C14H23NO3. The molecule has 18 heavy (non-hydrogen) atoms. The van der Waals surface area contributed by atoms with Gasteiger partial charge in [-0.3, -0.25) is 4.79 Å². The van der Waals surface area contributed by atoms with Crippen molar-refractivity contribution in [2.24, 2.45) is 11.8 Å². The van der Waals surface area contributed by atoms with E-state index in [2.05, 4.69) is 4.90 Å². The standard InChI is InChI=1S/C14H23NO3/c1-18-14(17)12-2-4-13(5-3-12)15-8-6-11(10-16)7-9-15/h10-13H,2-9H2,1H3. The van der Waals surface area contributed by atoms with E-state index < -0.39 is 0 Å². The van der Waals surface area contributed by atoms with Crippen LogP contribution < -0.4 is 0 Å². The van der Waals surface area contributed by atoms with Gasteiger partial charge in [0, 0.05) is 12.0 Å². The number of piperidine rings is 1. The molecule has 4 nitrogen and oxygen atoms in total. The van der Waals surface area contributed by atoms with Crippen LogP contribution in [-0.2, 0) is 14.3 Å². The van der Waals surface area contributed by atoms with Crippen LogP contribution in [-0.4, -0.2) is 43.4 Å². The maximum Gasteiger partial charge on any atom is 0.308 e. The van der Waals surface area contributed by atoms with Crippen LogP contribution >= 0.6 is 0 Å². The SMILES string of the molecule is COC(=O)C1CCC(N2CCC(C=O)CC2)CC1. The number of carbonyl (C=O) groups excluding carboxylic acids is 2. The Morgan fingerprint density at radius 3 is 2.22 bits per heavy atom. The number of rotatable bonds is 3. The van der Waals surface area contributed by atoms with Crippen molar-refractivity contribution in [1.82, 2.24) is 4.90 Å². The molecule has 0 aromatic rings. The lowest BCUT2D eigenvalue weighted by molar-refractivity contribution is -0.147. The van der Waals surface area contributed by atoms with E-state index in [0.29, 0.717) is 6.04 Å². The number of esters is 1. The highest BCUT2D eigenvalue weighted by molar-refractivity contribution is 5.72. The third kappa shape index (κ3) is 3.10. The van der Waals surface area contributed by atoms with Gasteiger partial charge in [0.15, 0.2) is 0 Å². The number of aldehydes is 1. The zero-order valence-electron chi connectivity index (χ0n) is 11.1. The molecular weight excluding hydrogens is 230 g/mol. The molecule has 0 unspecified atom stereocenters. The van der Waals surface area contributed by atoms with Crippen molar-refractivity contribution in [3.8, 4) is 0 Å². The molecule has 4 heteroatoms. The largest absolute Gasteiger partial charge is 0.469 e. The monoisotopic (exact) mass is 253 g/mol. The fourth-order valence-corrected chi connectivity index (χ4v) is 3.26. The summed E-state index contributed by atoms with van der Waals surface area (Å²) in [5, 5.41) is 0. The third-order valence-corrected chi connectivity index (χ3v) is 4.51. The summed E-state index contributed by atoms with van der Waals surface area (Å²) in [4.78, 5) is 24.7. The fourth-order valence-electron chi connectivity index (χ4n) is 3.26. The van der Waals surface area contributed by atoms with Gasteiger partial charge in [-0.1, -0.05) is 0 Å². The summed E-state index contributed by atoms with van der Waals surface area (Å²) >= 11 is 0. The zero-order chi connectivity index (χ0) is 13.0. The number of hydrogen-bond donors (Lipinski definition) is 0. The van der Waals surface area contributed by atoms with Crippen LogP contribution in [0.4, 0.5) is 0 Å². The van der Waals surface area contributed by atoms with Crippen molar-refractivity contribution in [2.45, 2.75) is 44.6 Å². The summed E-state index contributed by atoms with van der Waals surface area (Å²) in [5.74, 6) is 0.333. The number of carbonyl (C=O) groups is 2. The first kappa shape index (κ1) is 13.5. The van der Waals surface area contributed by atoms with Crippen LogP contribution in [0.25, 0.3) is 0 Å². The number of hydrogen-bond acceptors (Lipinski definition) is 4. The third-order valence-electron chi connectivity index (χ3n) is 4.51. The summed E-state index contributed by atoms with van der Waals surface area (Å²) < 4.78 is 4.81. The Balaban J connectivity index is 1.76. The molecule has 0 aromatic carbocycles. The Bertz CT molecular complexity index is 289. The van der Waals surface area contributed by atoms with Gasteiger partial charge in [0.25, 0.3) is 0 Å². The molecule has 1 heterocycles. The molecule has 1 aliphatic heterocycles. The van der Waals surface area contributed by atoms with Crippen LogP contribution in [0.15, 0.2) is 0 Å². The first-order valence-electron chi connectivity index (χ1n) is 7.01. The number of ether oxygens (including phenoxy) is 1. The summed E-state index contributed by atoms with van der Waals surface area (Å²) in [7, 11) is 1.47. The Morgan fingerprint density at radius 1 is 1.11 bits per heavy atom. The highest BCUT2D eigenvalue weighted by Crippen LogP contribution is 2.30. The molecule has 0 bridgehead atoms. The number of methoxy groups -OCH3 is 1. The molecule has 0 atom stereocenters. The van der Waals surface area contributed by atoms with Gasteiger partial charge in [0.2, 0.25) is 0 Å². The second kappa shape index (κ2) is 6.32. The summed E-state index contributed by atoms with van der Waals surface area (Å²) in [6.07, 6.45) is 7.18. The molecule has 2 rings (SSSR count). The molecule has 0 amide bonds. The van der Waals surface area contributed by atoms with E-state index in [9.17, 15) is 9.59 Å². The van der Waals surface area contributed by atoms with Gasteiger partial charge < -0.3 is 14.4 Å². The molecule has 0 radical (unpaired) electrons. The van der Waals surface area contributed by atoms with E-state index in [0.717, 1.165) is 57.9 Å². The average molecular weight is 253 g/mol. The van der Waals surface area contributed by atoms with Crippen LogP contribution in [0.5, 0.6) is 0 Å². The highest BCUT2D eigenvalue weighted by Gasteiger charge is 2.31. The molecule has 2 fully saturated rings. The second-order valence-electron chi connectivity index (χ2n) is 5.54. The summed E-state index contributed by atoms with van der Waals surface area (Å²) in [6.45, 7) is 2.08. The molecule has 0 aromatic heterocycles. The normalized spacial score (nSPS) is 30.9. The maximum absolute atomic E-state index is 11.5. The first-order valence-corrected chi connectivity index (χ1v) is 7.01. The lowest BCUT2D eigenvalue weighted by Gasteiger charge is -2.39. The maximum atomic E-state index is 11.5. The van der Waals surface area contributed by atoms with E-state index in [1.807, 2.05) is 0 Å². The fraction of sp³-hybridized carbons (Fsp3) is 0.857. The van der Waals surface area contributed by atoms with Gasteiger partial charge >= 0.3 is 5.97 Å². The van der Waals surface area contributed by atoms with Crippen LogP contribution in [0.2, 0.25) is 0 Å². The molecule has 102 valence electrons. The van der Waals surface area contributed by atoms with Gasteiger partial charge in [-0.25, -0.2) is 0 Å². The Kier molecular flexibility index (Phi) is 4.75. The van der Waals surface area contributed by atoms with Crippen molar-refractivity contribution in [2.75, 3.05) is 20.2 Å². The number of likely N-dealkylation sites (tertiary alicyclic amines) is 1. The molecule has 1 aliphatic carbocycles. The molecule has 0 spiro atoms. The van der Waals surface area contributed by atoms with Crippen molar-refractivity contribution in [3.05, 3.63) is 0 Å². The van der Waals surface area contributed by atoms with E-state index in [1.165, 1.54) is 7.11 Å². The Labute approximate surface area is 109 Å². The van der Waals surface area contributed by atoms with Crippen molar-refractivity contribution in [3.63, 3.8) is 0 Å². The lowest BCUT2D eigenvalue weighted by atomic mass is 9.84. The van der Waals surface area contributed by atoms with Crippen molar-refractivity contribution < 1.29 is 14.3 Å². The Hall–Kier alpha value is -0.900. The average Bonchev–Trinajstić information content (AvgIpc) is 2.47. The van der Waals surface area contributed by atoms with Gasteiger partial charge in [-0.05, 0) is 51.6 Å². The minimum atomic E-state index is -0.0480. The quantitative estimate of drug-likeness (QED) is 0.566. The minimum absolute atomic E-state index is 0.0480. The predicted molar refractivity (Wildman–Crippen MR) is 68.1 cm³/mol. The van der Waals surface area contributed by atoms with Crippen molar-refractivity contribution in [1.29, 1.82) is 0 Å². The van der Waals surface area contributed by atoms with Gasteiger partial charge in [0.05, 0.1) is 13.0 Å². The molecule has 1 saturated heterocycles. The van der Waals surface area contributed by atoms with Gasteiger partial charge in [0.1, 0.15) is 6.29 Å². The number of nitrogens with zero attached hydrogens (tertiary/aromatic N) is 1.